The fourth-order valence-electron chi connectivity index (χ4n) is 1.17. The van der Waals surface area contributed by atoms with Crippen molar-refractivity contribution in [3.8, 4) is 0 Å². The quantitative estimate of drug-likeness (QED) is 0.580. The highest BCUT2D eigenvalue weighted by Gasteiger charge is 2.16. The molecule has 0 aliphatic carbocycles. The third-order valence-electron chi connectivity index (χ3n) is 2.04. The Morgan fingerprint density at radius 2 is 2.06 bits per heavy atom. The molecule has 0 saturated heterocycles. The molecule has 17 heavy (non-hydrogen) atoms. The van der Waals surface area contributed by atoms with Crippen molar-refractivity contribution < 1.29 is 14.4 Å². The monoisotopic (exact) mass is 234 g/mol. The number of hydrogen-bond donors (Lipinski definition) is 2. The molecule has 0 aromatic heterocycles. The predicted molar refractivity (Wildman–Crippen MR) is 62.6 cm³/mol. The summed E-state index contributed by atoms with van der Waals surface area (Å²) < 4.78 is 0. The fourth-order valence-corrected chi connectivity index (χ4v) is 1.17. The van der Waals surface area contributed by atoms with Crippen LogP contribution in [0, 0.1) is 0 Å². The normalized spacial score (nSPS) is 11.4. The maximum absolute atomic E-state index is 11.4. The van der Waals surface area contributed by atoms with Gasteiger partial charge in [-0.15, -0.1) is 0 Å². The first-order valence-electron chi connectivity index (χ1n) is 5.06. The van der Waals surface area contributed by atoms with Crippen molar-refractivity contribution >= 4 is 11.9 Å². The van der Waals surface area contributed by atoms with Crippen LogP contribution in [0.4, 0.5) is 0 Å². The largest absolute Gasteiger partial charge is 0.349 e. The van der Waals surface area contributed by atoms with E-state index in [-0.39, 0.29) is 0 Å². The molecular formula is C12H14N2O3. The van der Waals surface area contributed by atoms with E-state index in [0.717, 1.165) is 11.6 Å². The zero-order valence-corrected chi connectivity index (χ0v) is 9.26. The molecule has 3 N–H and O–H groups in total. The molecule has 0 aliphatic rings. The van der Waals surface area contributed by atoms with Gasteiger partial charge < -0.3 is 10.6 Å². The summed E-state index contributed by atoms with van der Waals surface area (Å²) in [4.78, 5) is 26.6. The van der Waals surface area contributed by atoms with E-state index < -0.39 is 17.9 Å². The molecule has 0 fully saturated rings. The Morgan fingerprint density at radius 1 is 1.41 bits per heavy atom. The van der Waals surface area contributed by atoms with E-state index in [1.807, 2.05) is 35.8 Å². The van der Waals surface area contributed by atoms with Crippen LogP contribution in [0.3, 0.4) is 0 Å². The van der Waals surface area contributed by atoms with E-state index in [2.05, 4.69) is 11.4 Å². The van der Waals surface area contributed by atoms with Gasteiger partial charge in [-0.25, -0.2) is 4.79 Å². The number of benzene rings is 1. The lowest BCUT2D eigenvalue weighted by Gasteiger charge is -2.10. The van der Waals surface area contributed by atoms with Crippen LogP contribution in [-0.2, 0) is 20.8 Å². The molecule has 90 valence electrons. The molecule has 0 heterocycles. The second-order valence-electron chi connectivity index (χ2n) is 3.39. The Hall–Kier alpha value is -2.14. The first-order valence-corrected chi connectivity index (χ1v) is 5.06. The predicted octanol–water partition coefficient (Wildman–Crippen LogP) is 0.317. The van der Waals surface area contributed by atoms with Gasteiger partial charge in [0.2, 0.25) is 0 Å². The van der Waals surface area contributed by atoms with Gasteiger partial charge in [-0.05, 0) is 18.1 Å². The SMILES string of the molecule is C=CC(=O)NOC(=O)[C@@H](N)Cc1ccccc1. The number of hydroxylamine groups is 1. The van der Waals surface area contributed by atoms with Crippen LogP contribution in [0.2, 0.25) is 0 Å². The van der Waals surface area contributed by atoms with Crippen LogP contribution in [0.1, 0.15) is 5.56 Å². The van der Waals surface area contributed by atoms with E-state index in [1.54, 1.807) is 0 Å². The average Bonchev–Trinajstić information content (AvgIpc) is 2.36. The minimum Gasteiger partial charge on any atom is -0.339 e. The van der Waals surface area contributed by atoms with Crippen molar-refractivity contribution in [2.45, 2.75) is 12.5 Å². The molecule has 5 heteroatoms. The van der Waals surface area contributed by atoms with Gasteiger partial charge in [-0.3, -0.25) is 4.79 Å². The molecule has 1 rings (SSSR count). The van der Waals surface area contributed by atoms with Crippen molar-refractivity contribution in [3.63, 3.8) is 0 Å². The lowest BCUT2D eigenvalue weighted by atomic mass is 10.1. The van der Waals surface area contributed by atoms with Gasteiger partial charge in [0.1, 0.15) is 6.04 Å². The summed E-state index contributed by atoms with van der Waals surface area (Å²) in [5, 5.41) is 0. The molecular weight excluding hydrogens is 220 g/mol. The summed E-state index contributed by atoms with van der Waals surface area (Å²) in [6.45, 7) is 3.22. The van der Waals surface area contributed by atoms with Gasteiger partial charge >= 0.3 is 5.97 Å². The van der Waals surface area contributed by atoms with Gasteiger partial charge in [0.25, 0.3) is 5.91 Å². The molecule has 1 aromatic carbocycles. The van der Waals surface area contributed by atoms with Crippen LogP contribution in [-0.4, -0.2) is 17.9 Å². The zero-order chi connectivity index (χ0) is 12.7. The maximum atomic E-state index is 11.4. The van der Waals surface area contributed by atoms with E-state index in [9.17, 15) is 9.59 Å². The van der Waals surface area contributed by atoms with Gasteiger partial charge in [0.15, 0.2) is 0 Å². The Morgan fingerprint density at radius 3 is 2.65 bits per heavy atom. The third-order valence-corrected chi connectivity index (χ3v) is 2.04. The number of rotatable bonds is 4. The minimum absolute atomic E-state index is 0.351. The van der Waals surface area contributed by atoms with Crippen molar-refractivity contribution in [1.82, 2.24) is 5.48 Å². The van der Waals surface area contributed by atoms with Gasteiger partial charge in [-0.1, -0.05) is 36.9 Å². The van der Waals surface area contributed by atoms with E-state index in [1.165, 1.54) is 0 Å². The standard InChI is InChI=1S/C12H14N2O3/c1-2-11(15)14-17-12(16)10(13)8-9-6-4-3-5-7-9/h2-7,10H,1,8,13H2,(H,14,15)/t10-/m0/s1. The number of hydrogen-bond acceptors (Lipinski definition) is 4. The number of nitrogens with two attached hydrogens (primary N) is 1. The molecule has 0 bridgehead atoms. The van der Waals surface area contributed by atoms with Crippen molar-refractivity contribution in [2.75, 3.05) is 0 Å². The van der Waals surface area contributed by atoms with Gasteiger partial charge in [-0.2, -0.15) is 5.48 Å². The van der Waals surface area contributed by atoms with Crippen LogP contribution in [0.15, 0.2) is 43.0 Å². The maximum Gasteiger partial charge on any atom is 0.349 e. The molecule has 1 atom stereocenters. The number of nitrogens with one attached hydrogen (secondary N) is 1. The second kappa shape index (κ2) is 6.44. The second-order valence-corrected chi connectivity index (χ2v) is 3.39. The number of carbonyl (C=O) groups is 2. The number of amides is 1. The summed E-state index contributed by atoms with van der Waals surface area (Å²) >= 11 is 0. The Balaban J connectivity index is 2.42. The van der Waals surface area contributed by atoms with Crippen LogP contribution < -0.4 is 11.2 Å². The Labute approximate surface area is 99.2 Å². The highest BCUT2D eigenvalue weighted by molar-refractivity contribution is 5.87. The first kappa shape index (κ1) is 12.9. The highest BCUT2D eigenvalue weighted by atomic mass is 16.7. The van der Waals surface area contributed by atoms with Crippen LogP contribution in [0.25, 0.3) is 0 Å². The third kappa shape index (κ3) is 4.48. The lowest BCUT2D eigenvalue weighted by molar-refractivity contribution is -0.157. The Kier molecular flexibility index (Phi) is 4.90. The summed E-state index contributed by atoms with van der Waals surface area (Å²) in [6, 6.07) is 8.48. The highest BCUT2D eigenvalue weighted by Crippen LogP contribution is 2.02. The smallest absolute Gasteiger partial charge is 0.339 e. The summed E-state index contributed by atoms with van der Waals surface area (Å²) in [5.41, 5.74) is 8.46. The average molecular weight is 234 g/mol. The van der Waals surface area contributed by atoms with Crippen molar-refractivity contribution in [3.05, 3.63) is 48.6 Å². The molecule has 0 aliphatic heterocycles. The van der Waals surface area contributed by atoms with Crippen molar-refractivity contribution in [2.24, 2.45) is 5.73 Å². The molecule has 0 saturated carbocycles. The fraction of sp³-hybridized carbons (Fsp3) is 0.167. The van der Waals surface area contributed by atoms with E-state index in [4.69, 9.17) is 5.73 Å². The zero-order valence-electron chi connectivity index (χ0n) is 9.26. The summed E-state index contributed by atoms with van der Waals surface area (Å²) in [6.07, 6.45) is 1.35. The van der Waals surface area contributed by atoms with Crippen LogP contribution >= 0.6 is 0 Å². The molecule has 1 aromatic rings. The minimum atomic E-state index is -0.817. The molecule has 0 spiro atoms. The molecule has 0 radical (unpaired) electrons. The van der Waals surface area contributed by atoms with Crippen LogP contribution in [0.5, 0.6) is 0 Å². The Bertz CT molecular complexity index is 403. The molecule has 5 nitrogen and oxygen atoms in total. The van der Waals surface area contributed by atoms with Gasteiger partial charge in [0.05, 0.1) is 0 Å². The van der Waals surface area contributed by atoms with E-state index in [0.29, 0.717) is 6.42 Å². The lowest BCUT2D eigenvalue weighted by Crippen LogP contribution is -2.38. The first-order chi connectivity index (χ1) is 8.13. The van der Waals surface area contributed by atoms with Gasteiger partial charge in [0, 0.05) is 0 Å². The van der Waals surface area contributed by atoms with E-state index >= 15 is 0 Å². The summed E-state index contributed by atoms with van der Waals surface area (Å²) in [7, 11) is 0. The summed E-state index contributed by atoms with van der Waals surface area (Å²) in [5.74, 6) is -1.28. The topological polar surface area (TPSA) is 81.4 Å². The molecule has 0 unspecified atom stereocenters. The molecule has 1 amide bonds. The van der Waals surface area contributed by atoms with Crippen molar-refractivity contribution in [1.29, 1.82) is 0 Å². The number of carbonyl (C=O) groups excluding carboxylic acids is 2.